The molecule has 0 aliphatic carbocycles. The molecule has 3 unspecified atom stereocenters. The van der Waals surface area contributed by atoms with Crippen molar-refractivity contribution in [2.45, 2.75) is 43.9 Å². The molecule has 3 atom stereocenters. The highest BCUT2D eigenvalue weighted by Crippen LogP contribution is 2.32. The van der Waals surface area contributed by atoms with Crippen LogP contribution in [0.15, 0.2) is 24.3 Å². The minimum atomic E-state index is -0.413. The lowest BCUT2D eigenvalue weighted by atomic mass is 9.92. The summed E-state index contributed by atoms with van der Waals surface area (Å²) in [7, 11) is 1.96. The van der Waals surface area contributed by atoms with E-state index >= 15 is 0 Å². The maximum absolute atomic E-state index is 6.40. The molecule has 2 heterocycles. The van der Waals surface area contributed by atoms with Gasteiger partial charge in [0.2, 0.25) is 0 Å². The Bertz CT molecular complexity index is 480. The molecule has 0 aromatic heterocycles. The smallest absolute Gasteiger partial charge is 0.129 e. The molecule has 116 valence electrons. The van der Waals surface area contributed by atoms with Crippen LogP contribution in [0.2, 0.25) is 5.02 Å². The van der Waals surface area contributed by atoms with Gasteiger partial charge in [0, 0.05) is 17.2 Å². The quantitative estimate of drug-likeness (QED) is 0.793. The third-order valence-corrected chi connectivity index (χ3v) is 4.59. The number of halogens is 1. The van der Waals surface area contributed by atoms with Gasteiger partial charge in [-0.25, -0.2) is 0 Å². The van der Waals surface area contributed by atoms with E-state index in [2.05, 4.69) is 22.5 Å². The van der Waals surface area contributed by atoms with Crippen molar-refractivity contribution < 1.29 is 9.85 Å². The number of hydrogen-bond acceptors (Lipinski definition) is 3. The van der Waals surface area contributed by atoms with E-state index in [0.29, 0.717) is 6.10 Å². The normalized spacial score (nSPS) is 33.2. The van der Waals surface area contributed by atoms with E-state index in [1.807, 2.05) is 25.2 Å². The topological polar surface area (TPSA) is 51.8 Å². The maximum atomic E-state index is 6.40. The van der Waals surface area contributed by atoms with E-state index in [4.69, 9.17) is 16.3 Å². The Kier molecular flexibility index (Phi) is 4.78. The van der Waals surface area contributed by atoms with Gasteiger partial charge in [-0.2, -0.15) is 5.43 Å². The number of rotatable bonds is 4. The van der Waals surface area contributed by atoms with Crippen molar-refractivity contribution in [1.29, 1.82) is 0 Å². The van der Waals surface area contributed by atoms with Crippen molar-refractivity contribution in [3.8, 4) is 0 Å². The van der Waals surface area contributed by atoms with Crippen molar-refractivity contribution in [1.82, 2.24) is 10.9 Å². The van der Waals surface area contributed by atoms with Crippen LogP contribution in [-0.4, -0.2) is 19.8 Å². The summed E-state index contributed by atoms with van der Waals surface area (Å²) in [6, 6.07) is 7.94. The predicted octanol–water partition coefficient (Wildman–Crippen LogP) is 1.67. The molecule has 6 heteroatoms. The molecule has 2 fully saturated rings. The summed E-state index contributed by atoms with van der Waals surface area (Å²) in [4.78, 5) is 0. The average molecular weight is 311 g/mol. The fourth-order valence-corrected chi connectivity index (χ4v) is 3.44. The fraction of sp³-hybridized carbons (Fsp3) is 0.600. The van der Waals surface area contributed by atoms with Crippen LogP contribution >= 0.6 is 11.6 Å². The van der Waals surface area contributed by atoms with Crippen LogP contribution in [0.25, 0.3) is 5.53 Å². The van der Waals surface area contributed by atoms with Crippen molar-refractivity contribution >= 4 is 11.6 Å². The van der Waals surface area contributed by atoms with Crippen LogP contribution in [0, 0.1) is 0 Å². The molecule has 0 bridgehead atoms. The number of ether oxygens (including phenoxy) is 1. The molecule has 21 heavy (non-hydrogen) atoms. The van der Waals surface area contributed by atoms with Gasteiger partial charge in [0.25, 0.3) is 0 Å². The van der Waals surface area contributed by atoms with Gasteiger partial charge in [0.1, 0.15) is 5.66 Å². The number of benzene rings is 1. The molecule has 0 radical (unpaired) electrons. The van der Waals surface area contributed by atoms with Crippen molar-refractivity contribution in [3.63, 3.8) is 0 Å². The SMILES string of the molecule is C[NH+]1[N-]NC(CCC2CCCCO2)(c2ccccc2Cl)N1. The Balaban J connectivity index is 1.76. The summed E-state index contributed by atoms with van der Waals surface area (Å²) < 4.78 is 5.85. The number of nitrogens with zero attached hydrogens (tertiary/aromatic N) is 1. The summed E-state index contributed by atoms with van der Waals surface area (Å²) in [5, 5.41) is 1.64. The average Bonchev–Trinajstić information content (AvgIpc) is 2.89. The molecule has 5 nitrogen and oxygen atoms in total. The zero-order chi connectivity index (χ0) is 14.7. The molecule has 1 aromatic carbocycles. The molecule has 2 aliphatic rings. The second-order valence-corrected chi connectivity index (χ2v) is 6.25. The summed E-state index contributed by atoms with van der Waals surface area (Å²) in [6.45, 7) is 0.889. The first-order valence-corrected chi connectivity index (χ1v) is 8.04. The van der Waals surface area contributed by atoms with Gasteiger partial charge in [-0.15, -0.1) is 0 Å². The summed E-state index contributed by atoms with van der Waals surface area (Å²) in [6.07, 6.45) is 5.84. The summed E-state index contributed by atoms with van der Waals surface area (Å²) in [5.74, 6) is 0. The third-order valence-electron chi connectivity index (χ3n) is 4.26. The first kappa shape index (κ1) is 15.2. The molecule has 2 aliphatic heterocycles. The molecule has 3 rings (SSSR count). The minimum Gasteiger partial charge on any atom is -0.378 e. The molecule has 3 N–H and O–H groups in total. The van der Waals surface area contributed by atoms with E-state index in [-0.39, 0.29) is 0 Å². The first-order valence-electron chi connectivity index (χ1n) is 7.66. The van der Waals surface area contributed by atoms with E-state index in [0.717, 1.165) is 41.6 Å². The lowest BCUT2D eigenvalue weighted by molar-refractivity contribution is -0.884. The Morgan fingerprint density at radius 3 is 2.95 bits per heavy atom. The van der Waals surface area contributed by atoms with Crippen molar-refractivity contribution in [2.24, 2.45) is 0 Å². The lowest BCUT2D eigenvalue weighted by Gasteiger charge is -2.33. The second kappa shape index (κ2) is 6.60. The molecule has 2 saturated heterocycles. The Labute approximate surface area is 130 Å². The highest BCUT2D eigenvalue weighted by atomic mass is 35.5. The van der Waals surface area contributed by atoms with Crippen molar-refractivity contribution in [3.05, 3.63) is 40.4 Å². The van der Waals surface area contributed by atoms with E-state index in [1.54, 1.807) is 0 Å². The largest absolute Gasteiger partial charge is 0.378 e. The highest BCUT2D eigenvalue weighted by Gasteiger charge is 2.37. The maximum Gasteiger partial charge on any atom is 0.129 e. The molecule has 0 spiro atoms. The molecular weight excluding hydrogens is 288 g/mol. The van der Waals surface area contributed by atoms with Gasteiger partial charge in [-0.05, 0) is 38.2 Å². The number of nitrogens with one attached hydrogen (secondary N) is 3. The van der Waals surface area contributed by atoms with Crippen LogP contribution < -0.4 is 16.0 Å². The number of quaternary nitrogens is 1. The molecule has 0 saturated carbocycles. The van der Waals surface area contributed by atoms with E-state index in [1.165, 1.54) is 12.8 Å². The van der Waals surface area contributed by atoms with Gasteiger partial charge < -0.3 is 20.8 Å². The Morgan fingerprint density at radius 2 is 2.29 bits per heavy atom. The van der Waals surface area contributed by atoms with Gasteiger partial charge in [-0.1, -0.05) is 29.8 Å². The lowest BCUT2D eigenvalue weighted by Crippen LogP contribution is -3.10. The van der Waals surface area contributed by atoms with Crippen LogP contribution in [0.5, 0.6) is 0 Å². The molecule has 1 aromatic rings. The van der Waals surface area contributed by atoms with Crippen LogP contribution in [-0.2, 0) is 10.4 Å². The third kappa shape index (κ3) is 3.39. The zero-order valence-electron chi connectivity index (χ0n) is 12.4. The van der Waals surface area contributed by atoms with Gasteiger partial charge in [0.15, 0.2) is 0 Å². The summed E-state index contributed by atoms with van der Waals surface area (Å²) in [5.41, 5.74) is 11.7. The summed E-state index contributed by atoms with van der Waals surface area (Å²) >= 11 is 6.40. The van der Waals surface area contributed by atoms with E-state index < -0.39 is 5.66 Å². The van der Waals surface area contributed by atoms with E-state index in [9.17, 15) is 0 Å². The van der Waals surface area contributed by atoms with Crippen LogP contribution in [0.1, 0.15) is 37.7 Å². The van der Waals surface area contributed by atoms with Gasteiger partial charge >= 0.3 is 0 Å². The number of hydrogen-bond donors (Lipinski definition) is 3. The monoisotopic (exact) mass is 310 g/mol. The van der Waals surface area contributed by atoms with Crippen LogP contribution in [0.3, 0.4) is 0 Å². The Hall–Kier alpha value is -0.690. The zero-order valence-corrected chi connectivity index (χ0v) is 13.1. The predicted molar refractivity (Wildman–Crippen MR) is 82.5 cm³/mol. The van der Waals surface area contributed by atoms with Gasteiger partial charge in [0.05, 0.1) is 13.2 Å². The Morgan fingerprint density at radius 1 is 1.43 bits per heavy atom. The highest BCUT2D eigenvalue weighted by molar-refractivity contribution is 6.31. The van der Waals surface area contributed by atoms with Crippen LogP contribution in [0.4, 0.5) is 0 Å². The van der Waals surface area contributed by atoms with Crippen molar-refractivity contribution in [2.75, 3.05) is 13.7 Å². The molecular formula is C15H23ClN4O. The second-order valence-electron chi connectivity index (χ2n) is 5.85. The van der Waals surface area contributed by atoms with Gasteiger partial charge in [-0.3, -0.25) is 0 Å². The first-order chi connectivity index (χ1) is 10.2. The standard InChI is InChI=1S/C15H23ClN4O/c1-20-18-15(17-19-20,13-7-2-3-8-14(13)16)10-9-12-6-4-5-11-21-12/h2-3,7-8,12,17-18,20H,4-6,9-11H2,1H3. The molecule has 0 amide bonds. The fourth-order valence-electron chi connectivity index (χ4n) is 3.14. The minimum absolute atomic E-state index is 0.350.